The Morgan fingerprint density at radius 3 is 1.82 bits per heavy atom. The second-order valence-corrected chi connectivity index (χ2v) is 11.4. The maximum absolute atomic E-state index is 6.45. The van der Waals surface area contributed by atoms with Crippen molar-refractivity contribution in [1.82, 2.24) is 11.1 Å². The number of hydrogen-bond acceptors (Lipinski definition) is 6. The molecular formula is C39H36N6. The first-order valence-corrected chi connectivity index (χ1v) is 14.7. The quantitative estimate of drug-likeness (QED) is 0.0931. The molecule has 0 aliphatic carbocycles. The fourth-order valence-electron chi connectivity index (χ4n) is 5.65. The molecule has 0 radical (unpaired) electrons. The molecule has 45 heavy (non-hydrogen) atoms. The Bertz CT molecular complexity index is 2100. The Morgan fingerprint density at radius 1 is 0.467 bits per heavy atom. The average molecular weight is 589 g/mol. The van der Waals surface area contributed by atoms with E-state index < -0.39 is 0 Å². The topological polar surface area (TPSA) is 138 Å². The van der Waals surface area contributed by atoms with Gasteiger partial charge >= 0.3 is 0 Å². The number of nitrogens with zero attached hydrogens (tertiary/aromatic N) is 1. The van der Waals surface area contributed by atoms with E-state index in [2.05, 4.69) is 90.2 Å². The lowest BCUT2D eigenvalue weighted by atomic mass is 9.96. The minimum Gasteiger partial charge on any atom is -0.399 e. The second-order valence-electron chi connectivity index (χ2n) is 11.4. The molecule has 0 bridgehead atoms. The third-order valence-corrected chi connectivity index (χ3v) is 8.08. The van der Waals surface area contributed by atoms with Gasteiger partial charge in [-0.15, -0.1) is 0 Å². The number of pyridine rings is 1. The summed E-state index contributed by atoms with van der Waals surface area (Å²) in [5.41, 5.74) is 31.6. The molecule has 222 valence electrons. The van der Waals surface area contributed by atoms with E-state index in [1.807, 2.05) is 48.5 Å². The maximum Gasteiger partial charge on any atom is 0.0712 e. The van der Waals surface area contributed by atoms with E-state index in [4.69, 9.17) is 22.2 Å². The van der Waals surface area contributed by atoms with Crippen molar-refractivity contribution in [1.29, 1.82) is 0 Å². The third-order valence-electron chi connectivity index (χ3n) is 8.08. The maximum atomic E-state index is 6.45. The van der Waals surface area contributed by atoms with Gasteiger partial charge in [0.15, 0.2) is 0 Å². The van der Waals surface area contributed by atoms with Crippen LogP contribution in [0.15, 0.2) is 133 Å². The van der Waals surface area contributed by atoms with Crippen LogP contribution in [0.25, 0.3) is 32.9 Å². The highest BCUT2D eigenvalue weighted by Gasteiger charge is 2.08. The molecule has 7 rings (SSSR count). The lowest BCUT2D eigenvalue weighted by molar-refractivity contribution is 1.19. The highest BCUT2D eigenvalue weighted by molar-refractivity contribution is 5.94. The van der Waals surface area contributed by atoms with Gasteiger partial charge in [-0.3, -0.25) is 0 Å². The number of nitrogens with one attached hydrogen (secondary N) is 1. The summed E-state index contributed by atoms with van der Waals surface area (Å²) in [6.45, 7) is 0. The summed E-state index contributed by atoms with van der Waals surface area (Å²) in [4.78, 5) is 4.88. The summed E-state index contributed by atoms with van der Waals surface area (Å²) in [5, 5.41) is 5.56. The number of hydrogen-bond donors (Lipinski definition) is 5. The smallest absolute Gasteiger partial charge is 0.0712 e. The zero-order valence-electron chi connectivity index (χ0n) is 25.0. The Hall–Kier alpha value is -5.85. The predicted molar refractivity (Wildman–Crippen MR) is 191 cm³/mol. The molecule has 1 aromatic heterocycles. The third kappa shape index (κ3) is 6.56. The van der Waals surface area contributed by atoms with E-state index in [1.54, 1.807) is 0 Å². The fraction of sp³-hybridized carbons (Fsp3) is 0.0513. The van der Waals surface area contributed by atoms with Crippen molar-refractivity contribution in [2.24, 2.45) is 0 Å². The van der Waals surface area contributed by atoms with Crippen LogP contribution >= 0.6 is 0 Å². The summed E-state index contributed by atoms with van der Waals surface area (Å²) in [6.07, 6.45) is 1.60. The van der Waals surface area contributed by atoms with Crippen LogP contribution in [0.3, 0.4) is 0 Å². The number of nitrogens with two attached hydrogens (primary N) is 3. The van der Waals surface area contributed by atoms with Crippen LogP contribution in [-0.2, 0) is 12.8 Å². The monoisotopic (exact) mass is 588 g/mol. The van der Waals surface area contributed by atoms with Crippen molar-refractivity contribution < 1.29 is 0 Å². The number of nitrogen functional groups attached to an aromatic ring is 3. The highest BCUT2D eigenvalue weighted by Crippen LogP contribution is 2.29. The van der Waals surface area contributed by atoms with Gasteiger partial charge in [0, 0.05) is 39.2 Å². The predicted octanol–water partition coefficient (Wildman–Crippen LogP) is 8.89. The molecule has 6 heteroatoms. The summed E-state index contributed by atoms with van der Waals surface area (Å²) in [6, 6.07) is 45.8. The van der Waals surface area contributed by atoms with Crippen LogP contribution in [0.5, 0.6) is 0 Å². The fourth-order valence-corrected chi connectivity index (χ4v) is 5.65. The van der Waals surface area contributed by atoms with Crippen LogP contribution in [0.4, 0.5) is 28.4 Å². The van der Waals surface area contributed by atoms with Gasteiger partial charge in [-0.25, -0.2) is 4.98 Å². The van der Waals surface area contributed by atoms with Gasteiger partial charge in [-0.2, -0.15) is 0 Å². The van der Waals surface area contributed by atoms with Gasteiger partial charge in [0.1, 0.15) is 0 Å². The average Bonchev–Trinajstić information content (AvgIpc) is 3.03. The molecule has 0 amide bonds. The molecule has 6 aromatic carbocycles. The molecule has 0 aliphatic rings. The van der Waals surface area contributed by atoms with Crippen molar-refractivity contribution in [3.8, 4) is 11.1 Å². The second kappa shape index (κ2) is 12.4. The van der Waals surface area contributed by atoms with Gasteiger partial charge < -0.3 is 28.7 Å². The van der Waals surface area contributed by atoms with Crippen molar-refractivity contribution >= 4 is 50.2 Å². The Balaban J connectivity index is 0.00000357. The zero-order chi connectivity index (χ0) is 30.0. The van der Waals surface area contributed by atoms with E-state index in [1.165, 1.54) is 22.3 Å². The zero-order valence-corrected chi connectivity index (χ0v) is 25.0. The molecule has 10 N–H and O–H groups in total. The van der Waals surface area contributed by atoms with Crippen molar-refractivity contribution in [2.75, 3.05) is 22.5 Å². The minimum atomic E-state index is 0. The number of rotatable bonds is 7. The molecule has 0 saturated carbocycles. The van der Waals surface area contributed by atoms with E-state index >= 15 is 0 Å². The Kier molecular flexibility index (Phi) is 8.06. The number of benzene rings is 6. The molecule has 0 unspecified atom stereocenters. The number of fused-ring (bicyclic) bond motifs is 2. The Morgan fingerprint density at radius 2 is 1.09 bits per heavy atom. The molecule has 0 aliphatic heterocycles. The lowest BCUT2D eigenvalue weighted by Gasteiger charge is -2.11. The van der Waals surface area contributed by atoms with Gasteiger partial charge in [0.2, 0.25) is 0 Å². The molecule has 0 saturated heterocycles. The van der Waals surface area contributed by atoms with Crippen molar-refractivity contribution in [2.45, 2.75) is 12.8 Å². The van der Waals surface area contributed by atoms with Crippen molar-refractivity contribution in [3.63, 3.8) is 0 Å². The van der Waals surface area contributed by atoms with Gasteiger partial charge in [0.25, 0.3) is 0 Å². The highest BCUT2D eigenvalue weighted by atomic mass is 14.9. The van der Waals surface area contributed by atoms with Crippen LogP contribution < -0.4 is 28.7 Å². The molecule has 0 atom stereocenters. The molecule has 0 spiro atoms. The largest absolute Gasteiger partial charge is 0.399 e. The van der Waals surface area contributed by atoms with E-state index in [0.717, 1.165) is 74.2 Å². The molecule has 1 heterocycles. The van der Waals surface area contributed by atoms with Gasteiger partial charge in [-0.05, 0) is 125 Å². The minimum absolute atomic E-state index is 0. The van der Waals surface area contributed by atoms with E-state index in [9.17, 15) is 0 Å². The molecular weight excluding hydrogens is 552 g/mol. The summed E-state index contributed by atoms with van der Waals surface area (Å²) in [7, 11) is 0. The summed E-state index contributed by atoms with van der Waals surface area (Å²) in [5.74, 6) is 0. The van der Waals surface area contributed by atoms with E-state index in [0.29, 0.717) is 0 Å². The standard InChI is InChI=1S/C39H33N5.H3N/c40-33-10-15-36(16-11-33)43-35-13-4-26(5-14-35)19-25-1-6-28(7-2-25)29-9-17-37(42)31(22-29)20-27-3-8-30-23-32-24-34(41)12-18-38(32)44-39(30)21-27;/h1-18,21-24,43H,19-20,40-42H2;1H3. The van der Waals surface area contributed by atoms with Crippen LogP contribution in [0, 0.1) is 0 Å². The first-order chi connectivity index (χ1) is 21.4. The van der Waals surface area contributed by atoms with Crippen LogP contribution in [-0.4, -0.2) is 4.98 Å². The SMILES string of the molecule is N.Nc1ccc(Nc2ccc(Cc3ccc(-c4ccc(N)c(Cc5ccc6cc7cc(N)ccc7nc6c5)c4)cc3)cc2)cc1. The first kappa shape index (κ1) is 29.2. The number of anilines is 5. The normalized spacial score (nSPS) is 10.9. The van der Waals surface area contributed by atoms with Crippen molar-refractivity contribution in [3.05, 3.63) is 156 Å². The molecule has 7 aromatic rings. The van der Waals surface area contributed by atoms with Crippen LogP contribution in [0.2, 0.25) is 0 Å². The summed E-state index contributed by atoms with van der Waals surface area (Å²) < 4.78 is 0. The van der Waals surface area contributed by atoms with E-state index in [-0.39, 0.29) is 6.15 Å². The van der Waals surface area contributed by atoms with Gasteiger partial charge in [-0.1, -0.05) is 54.6 Å². The molecule has 0 fully saturated rings. The molecule has 6 nitrogen and oxygen atoms in total. The van der Waals surface area contributed by atoms with Crippen LogP contribution in [0.1, 0.15) is 22.3 Å². The lowest BCUT2D eigenvalue weighted by Crippen LogP contribution is -1.97. The number of aromatic nitrogens is 1. The summed E-state index contributed by atoms with van der Waals surface area (Å²) >= 11 is 0. The first-order valence-electron chi connectivity index (χ1n) is 14.7. The Labute approximate surface area is 263 Å². The van der Waals surface area contributed by atoms with Gasteiger partial charge in [0.05, 0.1) is 11.0 Å².